The first-order chi connectivity index (χ1) is 5.89. The summed E-state index contributed by atoms with van der Waals surface area (Å²) in [5.74, 6) is -0.408. The Balaban J connectivity index is 2.50. The van der Waals surface area contributed by atoms with Crippen LogP contribution in [0.2, 0.25) is 0 Å². The summed E-state index contributed by atoms with van der Waals surface area (Å²) in [5.41, 5.74) is 5.00. The highest BCUT2D eigenvalue weighted by atomic mass is 32.2. The number of carbonyl (C=O) groups excluding carboxylic acids is 1. The van der Waals surface area contributed by atoms with Gasteiger partial charge in [-0.3, -0.25) is 9.69 Å². The van der Waals surface area contributed by atoms with Gasteiger partial charge in [0, 0.05) is 19.3 Å². The minimum atomic E-state index is -2.97. The monoisotopic (exact) mass is 206 g/mol. The first-order valence-corrected chi connectivity index (χ1v) is 6.04. The molecule has 76 valence electrons. The summed E-state index contributed by atoms with van der Waals surface area (Å²) in [7, 11) is -2.97. The van der Waals surface area contributed by atoms with Crippen molar-refractivity contribution < 1.29 is 13.2 Å². The zero-order valence-corrected chi connectivity index (χ0v) is 8.38. The minimum absolute atomic E-state index is 0.159. The van der Waals surface area contributed by atoms with Crippen LogP contribution in [0.15, 0.2) is 0 Å². The standard InChI is InChI=1S/C7H14N2O3S/c1-13(11,12)6-2-3-9(4-6)5-7(8)10/h6H,2-5H2,1H3,(H2,8,10). The molecule has 1 atom stereocenters. The third-order valence-electron chi connectivity index (χ3n) is 2.21. The SMILES string of the molecule is CS(=O)(=O)C1CCN(CC(N)=O)C1. The molecule has 2 N–H and O–H groups in total. The van der Waals surface area contributed by atoms with E-state index in [1.54, 1.807) is 4.90 Å². The third-order valence-corrected chi connectivity index (χ3v) is 3.81. The van der Waals surface area contributed by atoms with Crippen molar-refractivity contribution >= 4 is 15.7 Å². The van der Waals surface area contributed by atoms with Gasteiger partial charge >= 0.3 is 0 Å². The van der Waals surface area contributed by atoms with Gasteiger partial charge in [-0.25, -0.2) is 8.42 Å². The van der Waals surface area contributed by atoms with Crippen molar-refractivity contribution in [2.75, 3.05) is 25.9 Å². The van der Waals surface area contributed by atoms with Gasteiger partial charge in [-0.15, -0.1) is 0 Å². The molecule has 1 fully saturated rings. The molecule has 1 rings (SSSR count). The smallest absolute Gasteiger partial charge is 0.231 e. The average molecular weight is 206 g/mol. The van der Waals surface area contributed by atoms with Gasteiger partial charge in [0.2, 0.25) is 5.91 Å². The van der Waals surface area contributed by atoms with Crippen LogP contribution in [0.5, 0.6) is 0 Å². The van der Waals surface area contributed by atoms with Gasteiger partial charge in [-0.1, -0.05) is 0 Å². The largest absolute Gasteiger partial charge is 0.369 e. The molecule has 1 heterocycles. The maximum Gasteiger partial charge on any atom is 0.231 e. The molecule has 1 aliphatic heterocycles. The second kappa shape index (κ2) is 3.63. The lowest BCUT2D eigenvalue weighted by Crippen LogP contribution is -2.33. The van der Waals surface area contributed by atoms with Crippen LogP contribution in [-0.4, -0.2) is 50.4 Å². The molecule has 0 bridgehead atoms. The highest BCUT2D eigenvalue weighted by Crippen LogP contribution is 2.15. The number of amides is 1. The molecule has 0 aromatic heterocycles. The molecule has 0 aromatic rings. The molecule has 6 heteroatoms. The van der Waals surface area contributed by atoms with E-state index in [0.29, 0.717) is 19.5 Å². The van der Waals surface area contributed by atoms with E-state index >= 15 is 0 Å². The normalized spacial score (nSPS) is 24.8. The zero-order chi connectivity index (χ0) is 10.1. The van der Waals surface area contributed by atoms with Gasteiger partial charge in [0.05, 0.1) is 11.8 Å². The van der Waals surface area contributed by atoms with Crippen LogP contribution in [0.3, 0.4) is 0 Å². The Morgan fingerprint density at radius 2 is 2.23 bits per heavy atom. The van der Waals surface area contributed by atoms with Gasteiger partial charge in [-0.2, -0.15) is 0 Å². The van der Waals surface area contributed by atoms with Crippen LogP contribution in [-0.2, 0) is 14.6 Å². The summed E-state index contributed by atoms with van der Waals surface area (Å²) in [5, 5.41) is -0.327. The first kappa shape index (κ1) is 10.5. The second-order valence-corrected chi connectivity index (χ2v) is 5.77. The molecule has 1 aliphatic rings. The lowest BCUT2D eigenvalue weighted by atomic mass is 10.4. The van der Waals surface area contributed by atoms with Gasteiger partial charge in [0.15, 0.2) is 9.84 Å². The van der Waals surface area contributed by atoms with Crippen molar-refractivity contribution in [1.29, 1.82) is 0 Å². The van der Waals surface area contributed by atoms with Crippen molar-refractivity contribution in [3.05, 3.63) is 0 Å². The quantitative estimate of drug-likeness (QED) is 0.615. The number of rotatable bonds is 3. The summed E-state index contributed by atoms with van der Waals surface area (Å²) >= 11 is 0. The number of sulfone groups is 1. The summed E-state index contributed by atoms with van der Waals surface area (Å²) in [4.78, 5) is 12.3. The Hall–Kier alpha value is -0.620. The number of primary amides is 1. The molecular weight excluding hydrogens is 192 g/mol. The van der Waals surface area contributed by atoms with Crippen LogP contribution in [0, 0.1) is 0 Å². The molecule has 0 saturated carbocycles. The molecule has 1 unspecified atom stereocenters. The van der Waals surface area contributed by atoms with E-state index in [0.717, 1.165) is 0 Å². The van der Waals surface area contributed by atoms with E-state index in [1.165, 1.54) is 6.26 Å². The molecule has 0 spiro atoms. The predicted octanol–water partition coefficient (Wildman–Crippen LogP) is -1.41. The van der Waals surface area contributed by atoms with Crippen LogP contribution < -0.4 is 5.73 Å². The maximum absolute atomic E-state index is 11.1. The minimum Gasteiger partial charge on any atom is -0.369 e. The predicted molar refractivity (Wildman–Crippen MR) is 48.9 cm³/mol. The fourth-order valence-corrected chi connectivity index (χ4v) is 2.53. The second-order valence-electron chi connectivity index (χ2n) is 3.44. The number of hydrogen-bond donors (Lipinski definition) is 1. The number of carbonyl (C=O) groups is 1. The van der Waals surface area contributed by atoms with Crippen LogP contribution in [0.1, 0.15) is 6.42 Å². The van der Waals surface area contributed by atoms with E-state index in [1.807, 2.05) is 0 Å². The molecule has 0 aromatic carbocycles. The molecule has 5 nitrogen and oxygen atoms in total. The summed E-state index contributed by atoms with van der Waals surface area (Å²) in [6, 6.07) is 0. The lowest BCUT2D eigenvalue weighted by molar-refractivity contribution is -0.118. The fraction of sp³-hybridized carbons (Fsp3) is 0.857. The van der Waals surface area contributed by atoms with Crippen molar-refractivity contribution in [2.45, 2.75) is 11.7 Å². The van der Waals surface area contributed by atoms with Gasteiger partial charge in [0.25, 0.3) is 0 Å². The van der Waals surface area contributed by atoms with E-state index < -0.39 is 15.7 Å². The number of nitrogens with two attached hydrogens (primary N) is 1. The summed E-state index contributed by atoms with van der Waals surface area (Å²) < 4.78 is 22.2. The van der Waals surface area contributed by atoms with E-state index in [9.17, 15) is 13.2 Å². The summed E-state index contributed by atoms with van der Waals surface area (Å²) in [6.45, 7) is 1.23. The molecule has 13 heavy (non-hydrogen) atoms. The summed E-state index contributed by atoms with van der Waals surface area (Å²) in [6.07, 6.45) is 1.83. The van der Waals surface area contributed by atoms with E-state index in [-0.39, 0.29) is 11.8 Å². The van der Waals surface area contributed by atoms with Crippen molar-refractivity contribution in [3.63, 3.8) is 0 Å². The first-order valence-electron chi connectivity index (χ1n) is 4.09. The van der Waals surface area contributed by atoms with Gasteiger partial charge in [-0.05, 0) is 6.42 Å². The number of nitrogens with zero attached hydrogens (tertiary/aromatic N) is 1. The molecular formula is C7H14N2O3S. The Bertz CT molecular complexity index is 299. The Labute approximate surface area is 77.8 Å². The Morgan fingerprint density at radius 3 is 2.62 bits per heavy atom. The molecule has 0 radical (unpaired) electrons. The van der Waals surface area contributed by atoms with Crippen molar-refractivity contribution in [3.8, 4) is 0 Å². The highest BCUT2D eigenvalue weighted by molar-refractivity contribution is 7.91. The number of likely N-dealkylation sites (tertiary alicyclic amines) is 1. The zero-order valence-electron chi connectivity index (χ0n) is 7.56. The van der Waals surface area contributed by atoms with Gasteiger partial charge in [0.1, 0.15) is 0 Å². The average Bonchev–Trinajstić information content (AvgIpc) is 2.32. The van der Waals surface area contributed by atoms with Gasteiger partial charge < -0.3 is 5.73 Å². The highest BCUT2D eigenvalue weighted by Gasteiger charge is 2.30. The molecule has 1 amide bonds. The van der Waals surface area contributed by atoms with Crippen LogP contribution >= 0.6 is 0 Å². The topological polar surface area (TPSA) is 80.5 Å². The fourth-order valence-electron chi connectivity index (χ4n) is 1.51. The van der Waals surface area contributed by atoms with Crippen molar-refractivity contribution in [2.24, 2.45) is 5.73 Å². The van der Waals surface area contributed by atoms with Crippen molar-refractivity contribution in [1.82, 2.24) is 4.90 Å². The lowest BCUT2D eigenvalue weighted by Gasteiger charge is -2.12. The van der Waals surface area contributed by atoms with Crippen LogP contribution in [0.4, 0.5) is 0 Å². The molecule has 1 saturated heterocycles. The Morgan fingerprint density at radius 1 is 1.62 bits per heavy atom. The Kier molecular flexibility index (Phi) is 2.92. The number of hydrogen-bond acceptors (Lipinski definition) is 4. The maximum atomic E-state index is 11.1. The van der Waals surface area contributed by atoms with E-state index in [2.05, 4.69) is 0 Å². The third kappa shape index (κ3) is 2.96. The van der Waals surface area contributed by atoms with E-state index in [4.69, 9.17) is 5.73 Å². The molecule has 0 aliphatic carbocycles. The van der Waals surface area contributed by atoms with Crippen LogP contribution in [0.25, 0.3) is 0 Å².